The highest BCUT2D eigenvalue weighted by atomic mass is 32.2. The molecule has 1 aliphatic rings. The number of nitrogens with one attached hydrogen (secondary N) is 1. The first-order valence-corrected chi connectivity index (χ1v) is 11.2. The van der Waals surface area contributed by atoms with Crippen LogP contribution in [0.4, 0.5) is 11.4 Å². The quantitative estimate of drug-likeness (QED) is 0.561. The van der Waals surface area contributed by atoms with E-state index < -0.39 is 22.6 Å². The SMILES string of the molecule is CN1/C(=C\C(=O)COC(=O)c2ccccc2NS(C)(=O)=O)C(C)(C)c2ccccc21. The number of hydrogen-bond acceptors (Lipinski definition) is 6. The summed E-state index contributed by atoms with van der Waals surface area (Å²) in [5.41, 5.74) is 2.72. The standard InChI is InChI=1S/C22H24N2O5S/c1-22(2)17-10-6-8-12-19(17)24(3)20(22)13-15(25)14-29-21(26)16-9-5-7-11-18(16)23-30(4,27)28/h5-13,23H,14H2,1-4H3/b20-13-. The lowest BCUT2D eigenvalue weighted by atomic mass is 9.83. The van der Waals surface area contributed by atoms with Crippen molar-refractivity contribution in [2.45, 2.75) is 19.3 Å². The van der Waals surface area contributed by atoms with Gasteiger partial charge in [0.05, 0.1) is 17.5 Å². The minimum absolute atomic E-state index is 0.0362. The number of likely N-dealkylation sites (N-methyl/N-ethyl adjacent to an activating group) is 1. The number of carbonyl (C=O) groups is 2. The molecule has 0 radical (unpaired) electrons. The predicted molar refractivity (Wildman–Crippen MR) is 116 cm³/mol. The Kier molecular flexibility index (Phi) is 5.72. The van der Waals surface area contributed by atoms with Crippen LogP contribution in [0.3, 0.4) is 0 Å². The van der Waals surface area contributed by atoms with Gasteiger partial charge in [-0.05, 0) is 23.8 Å². The Balaban J connectivity index is 1.74. The van der Waals surface area contributed by atoms with E-state index in [1.165, 1.54) is 18.2 Å². The van der Waals surface area contributed by atoms with Crippen LogP contribution in [-0.2, 0) is 25.0 Å². The number of ketones is 1. The van der Waals surface area contributed by atoms with Crippen LogP contribution in [0.2, 0.25) is 0 Å². The molecule has 30 heavy (non-hydrogen) atoms. The van der Waals surface area contributed by atoms with Gasteiger partial charge in [0.2, 0.25) is 10.0 Å². The largest absolute Gasteiger partial charge is 0.454 e. The number of para-hydroxylation sites is 2. The third-order valence-corrected chi connectivity index (χ3v) is 5.62. The monoisotopic (exact) mass is 428 g/mol. The molecule has 0 aromatic heterocycles. The van der Waals surface area contributed by atoms with Crippen molar-refractivity contribution in [3.05, 3.63) is 71.4 Å². The predicted octanol–water partition coefficient (Wildman–Crippen LogP) is 3.10. The minimum atomic E-state index is -3.57. The first kappa shape index (κ1) is 21.6. The number of rotatable bonds is 6. The van der Waals surface area contributed by atoms with Gasteiger partial charge in [-0.25, -0.2) is 13.2 Å². The molecule has 2 aromatic rings. The topological polar surface area (TPSA) is 92.8 Å². The van der Waals surface area contributed by atoms with Crippen molar-refractivity contribution >= 4 is 33.2 Å². The lowest BCUT2D eigenvalue weighted by Gasteiger charge is -2.23. The second-order valence-electron chi connectivity index (χ2n) is 7.69. The molecule has 2 aromatic carbocycles. The molecule has 8 heteroatoms. The maximum atomic E-state index is 12.5. The first-order chi connectivity index (χ1) is 14.0. The zero-order chi connectivity index (χ0) is 22.1. The molecule has 1 N–H and O–H groups in total. The molecule has 7 nitrogen and oxygen atoms in total. The molecule has 0 unspecified atom stereocenters. The van der Waals surface area contributed by atoms with Crippen molar-refractivity contribution < 1.29 is 22.7 Å². The number of nitrogens with zero attached hydrogens (tertiary/aromatic N) is 1. The summed E-state index contributed by atoms with van der Waals surface area (Å²) >= 11 is 0. The van der Waals surface area contributed by atoms with Gasteiger partial charge in [-0.15, -0.1) is 0 Å². The average Bonchev–Trinajstić information content (AvgIpc) is 2.86. The maximum Gasteiger partial charge on any atom is 0.340 e. The molecule has 158 valence electrons. The Hall–Kier alpha value is -3.13. The average molecular weight is 429 g/mol. The van der Waals surface area contributed by atoms with Gasteiger partial charge in [0.25, 0.3) is 0 Å². The van der Waals surface area contributed by atoms with Crippen molar-refractivity contribution in [3.63, 3.8) is 0 Å². The molecule has 0 aliphatic carbocycles. The summed E-state index contributed by atoms with van der Waals surface area (Å²) in [5.74, 6) is -1.14. The van der Waals surface area contributed by atoms with Gasteiger partial charge < -0.3 is 9.64 Å². The first-order valence-electron chi connectivity index (χ1n) is 9.33. The van der Waals surface area contributed by atoms with Gasteiger partial charge in [-0.1, -0.05) is 44.2 Å². The van der Waals surface area contributed by atoms with E-state index in [4.69, 9.17) is 4.74 Å². The van der Waals surface area contributed by atoms with Crippen molar-refractivity contribution in [1.29, 1.82) is 0 Å². The number of carbonyl (C=O) groups excluding carboxylic acids is 2. The fourth-order valence-electron chi connectivity index (χ4n) is 3.62. The molecule has 0 bridgehead atoms. The van der Waals surface area contributed by atoms with E-state index in [-0.39, 0.29) is 22.4 Å². The molecule has 1 heterocycles. The number of ether oxygens (including phenoxy) is 1. The highest BCUT2D eigenvalue weighted by molar-refractivity contribution is 7.92. The van der Waals surface area contributed by atoms with E-state index in [2.05, 4.69) is 4.72 Å². The second kappa shape index (κ2) is 7.95. The van der Waals surface area contributed by atoms with Crippen molar-refractivity contribution in [2.75, 3.05) is 29.5 Å². The number of anilines is 2. The third-order valence-electron chi connectivity index (χ3n) is 5.03. The van der Waals surface area contributed by atoms with Gasteiger partial charge in [-0.3, -0.25) is 9.52 Å². The summed E-state index contributed by atoms with van der Waals surface area (Å²) in [6.45, 7) is 3.62. The van der Waals surface area contributed by atoms with Crippen LogP contribution >= 0.6 is 0 Å². The lowest BCUT2D eigenvalue weighted by molar-refractivity contribution is -0.117. The fraction of sp³-hybridized carbons (Fsp3) is 0.273. The van der Waals surface area contributed by atoms with Gasteiger partial charge in [0.1, 0.15) is 0 Å². The van der Waals surface area contributed by atoms with E-state index in [1.807, 2.05) is 50.1 Å². The zero-order valence-electron chi connectivity index (χ0n) is 17.3. The number of fused-ring (bicyclic) bond motifs is 1. The third kappa shape index (κ3) is 4.38. The van der Waals surface area contributed by atoms with Crippen molar-refractivity contribution in [1.82, 2.24) is 0 Å². The molecule has 3 rings (SSSR count). The Morgan fingerprint density at radius 3 is 2.40 bits per heavy atom. The van der Waals surface area contributed by atoms with Crippen LogP contribution in [0.1, 0.15) is 29.8 Å². The molecule has 0 saturated carbocycles. The van der Waals surface area contributed by atoms with Crippen molar-refractivity contribution in [2.24, 2.45) is 0 Å². The number of esters is 1. The number of benzene rings is 2. The maximum absolute atomic E-state index is 12.5. The summed E-state index contributed by atoms with van der Waals surface area (Å²) in [6, 6.07) is 14.0. The van der Waals surface area contributed by atoms with Crippen LogP contribution < -0.4 is 9.62 Å². The van der Waals surface area contributed by atoms with E-state index >= 15 is 0 Å². The van der Waals surface area contributed by atoms with E-state index in [0.29, 0.717) is 0 Å². The lowest BCUT2D eigenvalue weighted by Crippen LogP contribution is -2.25. The highest BCUT2D eigenvalue weighted by Gasteiger charge is 2.38. The van der Waals surface area contributed by atoms with Crippen LogP contribution in [0.25, 0.3) is 0 Å². The molecule has 0 fully saturated rings. The Bertz CT molecular complexity index is 1140. The second-order valence-corrected chi connectivity index (χ2v) is 9.44. The smallest absolute Gasteiger partial charge is 0.340 e. The Morgan fingerprint density at radius 2 is 1.73 bits per heavy atom. The number of allylic oxidation sites excluding steroid dienone is 1. The van der Waals surface area contributed by atoms with E-state index in [9.17, 15) is 18.0 Å². The molecule has 0 atom stereocenters. The van der Waals surface area contributed by atoms with E-state index in [0.717, 1.165) is 23.2 Å². The normalized spacial score (nSPS) is 16.3. The van der Waals surface area contributed by atoms with Gasteiger partial charge in [0, 0.05) is 29.9 Å². The molecule has 0 saturated heterocycles. The van der Waals surface area contributed by atoms with Gasteiger partial charge in [0.15, 0.2) is 12.4 Å². The van der Waals surface area contributed by atoms with Crippen molar-refractivity contribution in [3.8, 4) is 0 Å². The molecule has 1 aliphatic heterocycles. The fourth-order valence-corrected chi connectivity index (χ4v) is 4.19. The molecular formula is C22H24N2O5S. The molecular weight excluding hydrogens is 404 g/mol. The van der Waals surface area contributed by atoms with E-state index in [1.54, 1.807) is 12.1 Å². The summed E-state index contributed by atoms with van der Waals surface area (Å²) < 4.78 is 30.4. The Labute approximate surface area is 176 Å². The number of sulfonamides is 1. The van der Waals surface area contributed by atoms with Gasteiger partial charge >= 0.3 is 5.97 Å². The molecule has 0 spiro atoms. The van der Waals surface area contributed by atoms with Crippen LogP contribution in [-0.4, -0.2) is 40.1 Å². The van der Waals surface area contributed by atoms with Crippen LogP contribution in [0, 0.1) is 0 Å². The summed E-state index contributed by atoms with van der Waals surface area (Å²) in [4.78, 5) is 26.9. The summed E-state index contributed by atoms with van der Waals surface area (Å²) in [6.07, 6.45) is 2.48. The highest BCUT2D eigenvalue weighted by Crippen LogP contribution is 2.46. The summed E-state index contributed by atoms with van der Waals surface area (Å²) in [5, 5.41) is 0. The van der Waals surface area contributed by atoms with Crippen LogP contribution in [0.15, 0.2) is 60.3 Å². The minimum Gasteiger partial charge on any atom is -0.454 e. The zero-order valence-corrected chi connectivity index (χ0v) is 18.1. The van der Waals surface area contributed by atoms with Gasteiger partial charge in [-0.2, -0.15) is 0 Å². The Morgan fingerprint density at radius 1 is 1.10 bits per heavy atom. The van der Waals surface area contributed by atoms with Crippen LogP contribution in [0.5, 0.6) is 0 Å². The molecule has 0 amide bonds. The summed E-state index contributed by atoms with van der Waals surface area (Å²) in [7, 11) is -1.67. The number of hydrogen-bond donors (Lipinski definition) is 1.